The van der Waals surface area contributed by atoms with Gasteiger partial charge in [0.25, 0.3) is 0 Å². The number of hydrogen-bond donors (Lipinski definition) is 1. The molecule has 1 unspecified atom stereocenters. The first-order chi connectivity index (χ1) is 8.09. The Kier molecular flexibility index (Phi) is 3.89. The van der Waals surface area contributed by atoms with Crippen molar-refractivity contribution in [3.05, 3.63) is 50.1 Å². The molecule has 1 heterocycles. The van der Waals surface area contributed by atoms with Crippen molar-refractivity contribution in [2.75, 3.05) is 5.32 Å². The number of nitrogens with one attached hydrogen (secondary N) is 1. The first kappa shape index (κ1) is 12.7. The molecule has 0 radical (unpaired) electrons. The molecule has 1 atom stereocenters. The van der Waals surface area contributed by atoms with Gasteiger partial charge in [0.1, 0.15) is 0 Å². The van der Waals surface area contributed by atoms with Crippen molar-refractivity contribution >= 4 is 33.0 Å². The van der Waals surface area contributed by atoms with E-state index in [0.717, 1.165) is 4.47 Å². The van der Waals surface area contributed by atoms with Crippen molar-refractivity contribution in [3.8, 4) is 0 Å². The van der Waals surface area contributed by atoms with Gasteiger partial charge in [0.15, 0.2) is 0 Å². The third kappa shape index (κ3) is 2.72. The third-order valence-electron chi connectivity index (χ3n) is 2.93. The van der Waals surface area contributed by atoms with Crippen molar-refractivity contribution in [2.45, 2.75) is 26.8 Å². The van der Waals surface area contributed by atoms with E-state index in [9.17, 15) is 0 Å². The Labute approximate surface area is 115 Å². The zero-order valence-corrected chi connectivity index (χ0v) is 12.7. The van der Waals surface area contributed by atoms with E-state index in [-0.39, 0.29) is 0 Å². The number of thiophene rings is 1. The molecule has 2 aromatic rings. The summed E-state index contributed by atoms with van der Waals surface area (Å²) in [5.41, 5.74) is 3.82. The van der Waals surface area contributed by atoms with Gasteiger partial charge in [0.2, 0.25) is 0 Å². The van der Waals surface area contributed by atoms with Crippen LogP contribution < -0.4 is 5.32 Å². The standard InChI is InChI=1S/C14H16BrNS/c1-9-7-8-17-14(9)11(3)16-13-6-4-5-12(15)10(13)2/h4-8,11,16H,1-3H3. The van der Waals surface area contributed by atoms with Gasteiger partial charge in [-0.05, 0) is 55.5 Å². The Balaban J connectivity index is 2.22. The largest absolute Gasteiger partial charge is 0.377 e. The molecule has 0 aliphatic carbocycles. The van der Waals surface area contributed by atoms with Crippen LogP contribution in [0.4, 0.5) is 5.69 Å². The molecule has 0 aliphatic heterocycles. The Morgan fingerprint density at radius 2 is 2.00 bits per heavy atom. The Morgan fingerprint density at radius 3 is 2.65 bits per heavy atom. The molecule has 1 aromatic carbocycles. The topological polar surface area (TPSA) is 12.0 Å². The number of hydrogen-bond acceptors (Lipinski definition) is 2. The molecule has 0 amide bonds. The summed E-state index contributed by atoms with van der Waals surface area (Å²) in [4.78, 5) is 1.41. The lowest BCUT2D eigenvalue weighted by molar-refractivity contribution is 0.896. The van der Waals surface area contributed by atoms with E-state index in [4.69, 9.17) is 0 Å². The van der Waals surface area contributed by atoms with Gasteiger partial charge in [-0.1, -0.05) is 22.0 Å². The minimum atomic E-state index is 0.350. The van der Waals surface area contributed by atoms with Gasteiger partial charge < -0.3 is 5.32 Å². The summed E-state index contributed by atoms with van der Waals surface area (Å²) in [5.74, 6) is 0. The van der Waals surface area contributed by atoms with Crippen LogP contribution in [0.1, 0.15) is 29.0 Å². The van der Waals surface area contributed by atoms with Gasteiger partial charge in [-0.15, -0.1) is 11.3 Å². The van der Waals surface area contributed by atoms with E-state index < -0.39 is 0 Å². The molecule has 0 saturated heterocycles. The number of benzene rings is 1. The SMILES string of the molecule is Cc1ccsc1C(C)Nc1cccc(Br)c1C. The zero-order valence-electron chi connectivity index (χ0n) is 10.3. The molecule has 0 saturated carbocycles. The molecule has 1 nitrogen and oxygen atoms in total. The molecule has 0 spiro atoms. The predicted octanol–water partition coefficient (Wildman–Crippen LogP) is 5.30. The van der Waals surface area contributed by atoms with Crippen LogP contribution in [0.15, 0.2) is 34.1 Å². The van der Waals surface area contributed by atoms with Gasteiger partial charge >= 0.3 is 0 Å². The average Bonchev–Trinajstić information content (AvgIpc) is 2.71. The first-order valence-electron chi connectivity index (χ1n) is 5.65. The highest BCUT2D eigenvalue weighted by Crippen LogP contribution is 2.30. The summed E-state index contributed by atoms with van der Waals surface area (Å²) in [6, 6.07) is 8.78. The van der Waals surface area contributed by atoms with Gasteiger partial charge in [0.05, 0.1) is 6.04 Å². The molecule has 2 rings (SSSR count). The van der Waals surface area contributed by atoms with Crippen LogP contribution in [0.25, 0.3) is 0 Å². The van der Waals surface area contributed by atoms with Crippen LogP contribution in [0, 0.1) is 13.8 Å². The van der Waals surface area contributed by atoms with E-state index >= 15 is 0 Å². The molecule has 3 heteroatoms. The summed E-state index contributed by atoms with van der Waals surface area (Å²) in [5, 5.41) is 5.72. The van der Waals surface area contributed by atoms with Gasteiger partial charge in [0, 0.05) is 15.0 Å². The van der Waals surface area contributed by atoms with Crippen LogP contribution in [0.5, 0.6) is 0 Å². The Hall–Kier alpha value is -0.800. The van der Waals surface area contributed by atoms with Crippen molar-refractivity contribution in [1.29, 1.82) is 0 Å². The normalized spacial score (nSPS) is 12.5. The molecule has 0 fully saturated rings. The van der Waals surface area contributed by atoms with Crippen LogP contribution in [-0.2, 0) is 0 Å². The fourth-order valence-electron chi connectivity index (χ4n) is 1.89. The van der Waals surface area contributed by atoms with Crippen molar-refractivity contribution in [2.24, 2.45) is 0 Å². The summed E-state index contributed by atoms with van der Waals surface area (Å²) in [6.07, 6.45) is 0. The maximum absolute atomic E-state index is 3.57. The van der Waals surface area contributed by atoms with Crippen LogP contribution in [0.2, 0.25) is 0 Å². The maximum Gasteiger partial charge on any atom is 0.0581 e. The summed E-state index contributed by atoms with van der Waals surface area (Å²) < 4.78 is 1.15. The molecule has 1 aromatic heterocycles. The fraction of sp³-hybridized carbons (Fsp3) is 0.286. The third-order valence-corrected chi connectivity index (χ3v) is 5.00. The maximum atomic E-state index is 3.57. The van der Waals surface area contributed by atoms with E-state index in [1.165, 1.54) is 21.7 Å². The van der Waals surface area contributed by atoms with Gasteiger partial charge in [-0.3, -0.25) is 0 Å². The van der Waals surface area contributed by atoms with Crippen molar-refractivity contribution in [3.63, 3.8) is 0 Å². The molecular weight excluding hydrogens is 294 g/mol. The van der Waals surface area contributed by atoms with E-state index in [1.807, 2.05) is 11.3 Å². The minimum absolute atomic E-state index is 0.350. The molecule has 1 N–H and O–H groups in total. The predicted molar refractivity (Wildman–Crippen MR) is 80.0 cm³/mol. The lowest BCUT2D eigenvalue weighted by atomic mass is 10.1. The lowest BCUT2D eigenvalue weighted by Crippen LogP contribution is -2.07. The molecular formula is C14H16BrNS. The molecule has 90 valence electrons. The first-order valence-corrected chi connectivity index (χ1v) is 7.32. The van der Waals surface area contributed by atoms with Gasteiger partial charge in [-0.2, -0.15) is 0 Å². The highest BCUT2D eigenvalue weighted by atomic mass is 79.9. The summed E-state index contributed by atoms with van der Waals surface area (Å²) in [6.45, 7) is 6.50. The summed E-state index contributed by atoms with van der Waals surface area (Å²) in [7, 11) is 0. The zero-order chi connectivity index (χ0) is 12.4. The van der Waals surface area contributed by atoms with Gasteiger partial charge in [-0.25, -0.2) is 0 Å². The highest BCUT2D eigenvalue weighted by molar-refractivity contribution is 9.10. The second kappa shape index (κ2) is 5.23. The number of anilines is 1. The number of halogens is 1. The van der Waals surface area contributed by atoms with Crippen molar-refractivity contribution in [1.82, 2.24) is 0 Å². The lowest BCUT2D eigenvalue weighted by Gasteiger charge is -2.17. The molecule has 17 heavy (non-hydrogen) atoms. The number of rotatable bonds is 3. The monoisotopic (exact) mass is 309 g/mol. The second-order valence-electron chi connectivity index (χ2n) is 4.25. The number of aryl methyl sites for hydroxylation is 1. The van der Waals surface area contributed by atoms with Crippen LogP contribution >= 0.6 is 27.3 Å². The van der Waals surface area contributed by atoms with Crippen LogP contribution in [-0.4, -0.2) is 0 Å². The smallest absolute Gasteiger partial charge is 0.0581 e. The van der Waals surface area contributed by atoms with Crippen molar-refractivity contribution < 1.29 is 0 Å². The highest BCUT2D eigenvalue weighted by Gasteiger charge is 2.11. The fourth-order valence-corrected chi connectivity index (χ4v) is 3.19. The molecule has 0 aliphatic rings. The van der Waals surface area contributed by atoms with E-state index in [2.05, 4.69) is 71.7 Å². The second-order valence-corrected chi connectivity index (χ2v) is 6.05. The Morgan fingerprint density at radius 1 is 1.24 bits per heavy atom. The quantitative estimate of drug-likeness (QED) is 0.811. The molecule has 0 bridgehead atoms. The summed E-state index contributed by atoms with van der Waals surface area (Å²) >= 11 is 5.37. The Bertz CT molecular complexity index is 519. The minimum Gasteiger partial charge on any atom is -0.377 e. The van der Waals surface area contributed by atoms with E-state index in [0.29, 0.717) is 6.04 Å². The average molecular weight is 310 g/mol. The van der Waals surface area contributed by atoms with E-state index in [1.54, 1.807) is 0 Å². The van der Waals surface area contributed by atoms with Crippen LogP contribution in [0.3, 0.4) is 0 Å².